The zero-order valence-corrected chi connectivity index (χ0v) is 15.6. The second-order valence-electron chi connectivity index (χ2n) is 7.15. The Kier molecular flexibility index (Phi) is 6.38. The van der Waals surface area contributed by atoms with Crippen LogP contribution < -0.4 is 11.1 Å². The molecule has 1 fully saturated rings. The van der Waals surface area contributed by atoms with Gasteiger partial charge in [-0.15, -0.1) is 0 Å². The van der Waals surface area contributed by atoms with Gasteiger partial charge >= 0.3 is 0 Å². The summed E-state index contributed by atoms with van der Waals surface area (Å²) in [7, 11) is 0. The Labute approximate surface area is 155 Å². The number of rotatable bonds is 7. The van der Waals surface area contributed by atoms with E-state index in [1.54, 1.807) is 0 Å². The second-order valence-corrected chi connectivity index (χ2v) is 8.28. The molecule has 0 amide bonds. The summed E-state index contributed by atoms with van der Waals surface area (Å²) in [6, 6.07) is 10.8. The lowest BCUT2D eigenvalue weighted by Crippen LogP contribution is -2.41. The maximum atomic E-state index is 11.3. The zero-order valence-electron chi connectivity index (χ0n) is 14.7. The number of allylic oxidation sites excluding steroid dienone is 4. The Morgan fingerprint density at radius 1 is 1.24 bits per heavy atom. The van der Waals surface area contributed by atoms with Gasteiger partial charge in [-0.1, -0.05) is 54.2 Å². The van der Waals surface area contributed by atoms with Gasteiger partial charge in [-0.25, -0.2) is 0 Å². The van der Waals surface area contributed by atoms with Crippen LogP contribution in [0.1, 0.15) is 44.1 Å². The summed E-state index contributed by atoms with van der Waals surface area (Å²) in [6.07, 6.45) is 10.5. The average molecular weight is 357 g/mol. The highest BCUT2D eigenvalue weighted by molar-refractivity contribution is 8.12. The van der Waals surface area contributed by atoms with Crippen LogP contribution in [0.5, 0.6) is 0 Å². The van der Waals surface area contributed by atoms with Crippen molar-refractivity contribution < 1.29 is 4.79 Å². The molecule has 1 aliphatic heterocycles. The van der Waals surface area contributed by atoms with E-state index in [1.807, 2.05) is 0 Å². The van der Waals surface area contributed by atoms with Crippen LogP contribution in [0.3, 0.4) is 0 Å². The van der Waals surface area contributed by atoms with E-state index in [-0.39, 0.29) is 10.7 Å². The lowest BCUT2D eigenvalue weighted by Gasteiger charge is -2.40. The number of nitrogens with one attached hydrogen (secondary N) is 1. The Morgan fingerprint density at radius 3 is 2.68 bits per heavy atom. The minimum Gasteiger partial charge on any atom is -0.402 e. The van der Waals surface area contributed by atoms with Gasteiger partial charge in [0.15, 0.2) is 5.62 Å². The molecule has 0 radical (unpaired) electrons. The van der Waals surface area contributed by atoms with Crippen LogP contribution in [0.15, 0.2) is 53.8 Å². The number of hydrogen-bond acceptors (Lipinski definition) is 4. The maximum Gasteiger partial charge on any atom is 0.176 e. The Bertz CT molecular complexity index is 633. The summed E-state index contributed by atoms with van der Waals surface area (Å²) in [4.78, 5) is 11.3. The monoisotopic (exact) mass is 356 g/mol. The molecule has 1 heterocycles. The number of hydrogen-bond donors (Lipinski definition) is 2. The van der Waals surface area contributed by atoms with E-state index in [0.29, 0.717) is 0 Å². The molecule has 4 heteroatoms. The first-order valence-corrected chi connectivity index (χ1v) is 10.2. The predicted octanol–water partition coefficient (Wildman–Crippen LogP) is 3.94. The molecule has 25 heavy (non-hydrogen) atoms. The topological polar surface area (TPSA) is 55.1 Å². The van der Waals surface area contributed by atoms with Crippen LogP contribution in [-0.2, 0) is 10.2 Å². The molecule has 1 aromatic rings. The van der Waals surface area contributed by atoms with E-state index >= 15 is 0 Å². The van der Waals surface area contributed by atoms with E-state index in [0.717, 1.165) is 62.9 Å². The summed E-state index contributed by atoms with van der Waals surface area (Å²) in [5.41, 5.74) is 11.0. The fourth-order valence-corrected chi connectivity index (χ4v) is 5.02. The summed E-state index contributed by atoms with van der Waals surface area (Å²) in [5, 5.41) is 3.76. The van der Waals surface area contributed by atoms with Gasteiger partial charge < -0.3 is 11.1 Å². The predicted molar refractivity (Wildman–Crippen MR) is 107 cm³/mol. The molecule has 1 aliphatic carbocycles. The first kappa shape index (κ1) is 18.3. The van der Waals surface area contributed by atoms with Crippen LogP contribution in [0, 0.1) is 0 Å². The van der Waals surface area contributed by atoms with Gasteiger partial charge in [0.05, 0.1) is 0 Å². The van der Waals surface area contributed by atoms with Gasteiger partial charge in [0.25, 0.3) is 0 Å². The van der Waals surface area contributed by atoms with E-state index in [2.05, 4.69) is 47.8 Å². The van der Waals surface area contributed by atoms with Crippen molar-refractivity contribution in [1.29, 1.82) is 0 Å². The van der Waals surface area contributed by atoms with Crippen molar-refractivity contribution >= 4 is 17.4 Å². The summed E-state index contributed by atoms with van der Waals surface area (Å²) >= 11 is 1.43. The van der Waals surface area contributed by atoms with E-state index in [1.165, 1.54) is 22.9 Å². The van der Waals surface area contributed by atoms with Gasteiger partial charge in [0.1, 0.15) is 0 Å². The maximum absolute atomic E-state index is 11.3. The van der Waals surface area contributed by atoms with Crippen LogP contribution in [0.4, 0.5) is 0 Å². The highest BCUT2D eigenvalue weighted by atomic mass is 32.2. The smallest absolute Gasteiger partial charge is 0.176 e. The van der Waals surface area contributed by atoms with Gasteiger partial charge in [0.2, 0.25) is 0 Å². The number of nitrogens with two attached hydrogens (primary N) is 1. The molecule has 0 aromatic heterocycles. The minimum atomic E-state index is 0.154. The summed E-state index contributed by atoms with van der Waals surface area (Å²) in [5.74, 6) is 0. The zero-order chi connectivity index (χ0) is 17.5. The fourth-order valence-electron chi connectivity index (χ4n) is 4.17. The standard InChI is InChI=1S/C21H28N2OS/c22-20-9-5-4-6-17(20)14-19(25-16-24)15-21(10-12-23-13-11-21)18-7-2-1-3-8-18/h1-4,6-8,16,19,23H,5,9-15,22H2. The Morgan fingerprint density at radius 2 is 2.00 bits per heavy atom. The van der Waals surface area contributed by atoms with Crippen LogP contribution >= 0.6 is 11.8 Å². The van der Waals surface area contributed by atoms with E-state index < -0.39 is 0 Å². The first-order valence-electron chi connectivity index (χ1n) is 9.23. The number of carbonyl (C=O) groups is 1. The average Bonchev–Trinajstić information content (AvgIpc) is 2.65. The number of carbonyl (C=O) groups excluding carboxylic acids is 1. The van der Waals surface area contributed by atoms with Crippen molar-refractivity contribution in [1.82, 2.24) is 5.32 Å². The highest BCUT2D eigenvalue weighted by Gasteiger charge is 2.36. The molecule has 3 rings (SSSR count). The van der Waals surface area contributed by atoms with Crippen LogP contribution in [0.25, 0.3) is 0 Å². The lowest BCUT2D eigenvalue weighted by molar-refractivity contribution is 0.285. The molecular weight excluding hydrogens is 328 g/mol. The third-order valence-corrected chi connectivity index (χ3v) is 6.40. The third-order valence-electron chi connectivity index (χ3n) is 5.57. The molecule has 0 saturated carbocycles. The molecule has 1 saturated heterocycles. The molecule has 134 valence electrons. The SMILES string of the molecule is NC1=C(CC(CC2(c3ccccc3)CCNCC2)SC=O)C=CCC1. The number of piperidine rings is 1. The van der Waals surface area contributed by atoms with Crippen molar-refractivity contribution in [3.63, 3.8) is 0 Å². The van der Waals surface area contributed by atoms with Gasteiger partial charge in [0, 0.05) is 10.9 Å². The van der Waals surface area contributed by atoms with Gasteiger partial charge in [-0.05, 0) is 68.2 Å². The molecule has 0 bridgehead atoms. The van der Waals surface area contributed by atoms with Crippen molar-refractivity contribution in [2.75, 3.05) is 13.1 Å². The molecule has 1 unspecified atom stereocenters. The molecule has 0 spiro atoms. The minimum absolute atomic E-state index is 0.154. The van der Waals surface area contributed by atoms with Crippen LogP contribution in [0.2, 0.25) is 0 Å². The summed E-state index contributed by atoms with van der Waals surface area (Å²) < 4.78 is 0. The lowest BCUT2D eigenvalue weighted by atomic mass is 9.69. The van der Waals surface area contributed by atoms with E-state index in [9.17, 15) is 4.79 Å². The number of thioether (sulfide) groups is 1. The molecule has 3 nitrogen and oxygen atoms in total. The normalized spacial score (nSPS) is 21.1. The third kappa shape index (κ3) is 4.56. The first-order chi connectivity index (χ1) is 12.2. The quantitative estimate of drug-likeness (QED) is 0.727. The molecular formula is C21H28N2OS. The molecule has 2 aliphatic rings. The van der Waals surface area contributed by atoms with Crippen molar-refractivity contribution in [2.45, 2.75) is 49.2 Å². The van der Waals surface area contributed by atoms with Crippen molar-refractivity contribution in [3.05, 3.63) is 59.3 Å². The largest absolute Gasteiger partial charge is 0.402 e. The number of benzene rings is 1. The second kappa shape index (κ2) is 8.72. The van der Waals surface area contributed by atoms with Gasteiger partial charge in [-0.2, -0.15) is 0 Å². The van der Waals surface area contributed by atoms with Crippen molar-refractivity contribution in [3.8, 4) is 0 Å². The van der Waals surface area contributed by atoms with Crippen LogP contribution in [-0.4, -0.2) is 24.0 Å². The Balaban J connectivity index is 1.82. The van der Waals surface area contributed by atoms with Crippen molar-refractivity contribution in [2.24, 2.45) is 5.73 Å². The van der Waals surface area contributed by atoms with Gasteiger partial charge in [-0.3, -0.25) is 4.79 Å². The van der Waals surface area contributed by atoms with E-state index in [4.69, 9.17) is 5.73 Å². The molecule has 1 aromatic carbocycles. The highest BCUT2D eigenvalue weighted by Crippen LogP contribution is 2.41. The Hall–Kier alpha value is -1.52. The fraction of sp³-hybridized carbons (Fsp3) is 0.476. The summed E-state index contributed by atoms with van der Waals surface area (Å²) in [6.45, 7) is 2.08. The molecule has 1 atom stereocenters. The molecule has 3 N–H and O–H groups in total.